The SMILES string of the molecule is CCCN=C(C)c1c(C)[nH]n(-c2ccc(OC)cc2)c1=O. The summed E-state index contributed by atoms with van der Waals surface area (Å²) in [6.45, 7) is 6.57. The molecule has 0 unspecified atom stereocenters. The Hall–Kier alpha value is -2.30. The fraction of sp³-hybridized carbons (Fsp3) is 0.375. The molecule has 0 fully saturated rings. The molecule has 1 heterocycles. The largest absolute Gasteiger partial charge is 0.497 e. The van der Waals surface area contributed by atoms with Crippen LogP contribution >= 0.6 is 0 Å². The molecule has 2 aromatic rings. The predicted molar refractivity (Wildman–Crippen MR) is 85.0 cm³/mol. The highest BCUT2D eigenvalue weighted by atomic mass is 16.5. The van der Waals surface area contributed by atoms with Crippen LogP contribution in [0.5, 0.6) is 5.75 Å². The molecule has 0 saturated carbocycles. The van der Waals surface area contributed by atoms with Crippen molar-refractivity contribution in [3.05, 3.63) is 45.9 Å². The van der Waals surface area contributed by atoms with E-state index in [0.29, 0.717) is 5.56 Å². The van der Waals surface area contributed by atoms with Crippen molar-refractivity contribution in [1.29, 1.82) is 0 Å². The highest BCUT2D eigenvalue weighted by molar-refractivity contribution is 5.99. The van der Waals surface area contributed by atoms with Gasteiger partial charge in [0.05, 0.1) is 18.4 Å². The number of hydrogen-bond acceptors (Lipinski definition) is 3. The van der Waals surface area contributed by atoms with E-state index in [4.69, 9.17) is 4.74 Å². The molecular weight excluding hydrogens is 266 g/mol. The lowest BCUT2D eigenvalue weighted by Crippen LogP contribution is -2.19. The normalized spacial score (nSPS) is 11.7. The van der Waals surface area contributed by atoms with Crippen molar-refractivity contribution in [2.75, 3.05) is 13.7 Å². The highest BCUT2D eigenvalue weighted by Gasteiger charge is 2.14. The standard InChI is InChI=1S/C16H21N3O2/c1-5-10-17-11(2)15-12(3)18-19(16(15)20)13-6-8-14(21-4)9-7-13/h6-9,18H,5,10H2,1-4H3. The van der Waals surface area contributed by atoms with Crippen molar-refractivity contribution >= 4 is 5.71 Å². The minimum atomic E-state index is -0.0741. The highest BCUT2D eigenvalue weighted by Crippen LogP contribution is 2.14. The molecule has 21 heavy (non-hydrogen) atoms. The summed E-state index contributed by atoms with van der Waals surface area (Å²) in [7, 11) is 1.62. The number of H-pyrrole nitrogens is 1. The number of nitrogens with one attached hydrogen (secondary N) is 1. The number of nitrogens with zero attached hydrogens (tertiary/aromatic N) is 2. The van der Waals surface area contributed by atoms with Gasteiger partial charge in [-0.2, -0.15) is 0 Å². The summed E-state index contributed by atoms with van der Waals surface area (Å²) in [6, 6.07) is 7.35. The van der Waals surface area contributed by atoms with Crippen LogP contribution in [0.15, 0.2) is 34.1 Å². The van der Waals surface area contributed by atoms with E-state index in [1.54, 1.807) is 7.11 Å². The molecule has 1 N–H and O–H groups in total. The maximum atomic E-state index is 12.6. The zero-order chi connectivity index (χ0) is 15.4. The molecule has 1 aromatic carbocycles. The number of aromatic nitrogens is 2. The lowest BCUT2D eigenvalue weighted by molar-refractivity contribution is 0.414. The van der Waals surface area contributed by atoms with Crippen LogP contribution in [0.3, 0.4) is 0 Å². The molecule has 112 valence electrons. The van der Waals surface area contributed by atoms with Gasteiger partial charge < -0.3 is 4.74 Å². The fourth-order valence-corrected chi connectivity index (χ4v) is 2.24. The topological polar surface area (TPSA) is 59.4 Å². The van der Waals surface area contributed by atoms with Gasteiger partial charge in [0, 0.05) is 18.0 Å². The Morgan fingerprint density at radius 2 is 2.00 bits per heavy atom. The molecule has 2 rings (SSSR count). The third-order valence-corrected chi connectivity index (χ3v) is 3.34. The van der Waals surface area contributed by atoms with Gasteiger partial charge in [0.15, 0.2) is 0 Å². The molecule has 0 aliphatic rings. The summed E-state index contributed by atoms with van der Waals surface area (Å²) in [5, 5.41) is 3.11. The number of rotatable bonds is 5. The van der Waals surface area contributed by atoms with E-state index in [-0.39, 0.29) is 5.56 Å². The number of aliphatic imine (C=N–C) groups is 1. The van der Waals surface area contributed by atoms with Crippen LogP contribution in [0.1, 0.15) is 31.5 Å². The van der Waals surface area contributed by atoms with Gasteiger partial charge in [-0.15, -0.1) is 0 Å². The van der Waals surface area contributed by atoms with E-state index in [1.165, 1.54) is 4.68 Å². The van der Waals surface area contributed by atoms with Crippen LogP contribution < -0.4 is 10.3 Å². The van der Waals surface area contributed by atoms with Crippen LogP contribution in [-0.4, -0.2) is 29.1 Å². The monoisotopic (exact) mass is 287 g/mol. The van der Waals surface area contributed by atoms with Crippen molar-refractivity contribution in [2.45, 2.75) is 27.2 Å². The number of hydrogen-bond donors (Lipinski definition) is 1. The van der Waals surface area contributed by atoms with Crippen LogP contribution in [-0.2, 0) is 0 Å². The molecule has 0 spiro atoms. The Morgan fingerprint density at radius 1 is 1.33 bits per heavy atom. The average molecular weight is 287 g/mol. The van der Waals surface area contributed by atoms with Crippen molar-refractivity contribution in [2.24, 2.45) is 4.99 Å². The number of aromatic amines is 1. The zero-order valence-corrected chi connectivity index (χ0v) is 12.9. The Balaban J connectivity index is 2.45. The lowest BCUT2D eigenvalue weighted by atomic mass is 10.2. The Morgan fingerprint density at radius 3 is 2.57 bits per heavy atom. The van der Waals surface area contributed by atoms with Gasteiger partial charge in [0.25, 0.3) is 5.56 Å². The average Bonchev–Trinajstić information content (AvgIpc) is 2.80. The third kappa shape index (κ3) is 3.07. The molecule has 5 nitrogen and oxygen atoms in total. The second-order valence-corrected chi connectivity index (χ2v) is 4.92. The molecule has 5 heteroatoms. The Bertz CT molecular complexity index is 693. The minimum absolute atomic E-state index is 0.0741. The number of methoxy groups -OCH3 is 1. The molecule has 0 saturated heterocycles. The summed E-state index contributed by atoms with van der Waals surface area (Å²) in [5.74, 6) is 0.760. The first-order chi connectivity index (χ1) is 10.1. The summed E-state index contributed by atoms with van der Waals surface area (Å²) in [6.07, 6.45) is 0.966. The second kappa shape index (κ2) is 6.43. The first-order valence-electron chi connectivity index (χ1n) is 7.06. The molecule has 0 aliphatic carbocycles. The van der Waals surface area contributed by atoms with Crippen LogP contribution in [0.4, 0.5) is 0 Å². The number of aryl methyl sites for hydroxylation is 1. The van der Waals surface area contributed by atoms with Crippen molar-refractivity contribution in [3.63, 3.8) is 0 Å². The van der Waals surface area contributed by atoms with Crippen molar-refractivity contribution in [1.82, 2.24) is 9.78 Å². The maximum absolute atomic E-state index is 12.6. The molecular formula is C16H21N3O2. The summed E-state index contributed by atoms with van der Waals surface area (Å²) in [5.41, 5.74) is 2.96. The molecule has 0 radical (unpaired) electrons. The van der Waals surface area contributed by atoms with E-state index < -0.39 is 0 Å². The molecule has 0 atom stereocenters. The maximum Gasteiger partial charge on any atom is 0.280 e. The molecule has 1 aromatic heterocycles. The number of ether oxygens (including phenoxy) is 1. The smallest absolute Gasteiger partial charge is 0.280 e. The van der Waals surface area contributed by atoms with Crippen LogP contribution in [0.25, 0.3) is 5.69 Å². The summed E-state index contributed by atoms with van der Waals surface area (Å²) >= 11 is 0. The minimum Gasteiger partial charge on any atom is -0.497 e. The van der Waals surface area contributed by atoms with Gasteiger partial charge in [-0.1, -0.05) is 6.92 Å². The fourth-order valence-electron chi connectivity index (χ4n) is 2.24. The Labute approximate surface area is 124 Å². The van der Waals surface area contributed by atoms with Crippen LogP contribution in [0, 0.1) is 6.92 Å². The van der Waals surface area contributed by atoms with E-state index in [0.717, 1.165) is 35.8 Å². The first-order valence-corrected chi connectivity index (χ1v) is 7.06. The third-order valence-electron chi connectivity index (χ3n) is 3.34. The first kappa shape index (κ1) is 15.1. The predicted octanol–water partition coefficient (Wildman–Crippen LogP) is 2.70. The van der Waals surface area contributed by atoms with Gasteiger partial charge in [-0.25, -0.2) is 4.68 Å². The summed E-state index contributed by atoms with van der Waals surface area (Å²) in [4.78, 5) is 17.0. The van der Waals surface area contributed by atoms with E-state index in [2.05, 4.69) is 17.0 Å². The van der Waals surface area contributed by atoms with Gasteiger partial charge in [0.1, 0.15) is 5.75 Å². The molecule has 0 amide bonds. The van der Waals surface area contributed by atoms with Gasteiger partial charge >= 0.3 is 0 Å². The summed E-state index contributed by atoms with van der Waals surface area (Å²) < 4.78 is 6.67. The van der Waals surface area contributed by atoms with E-state index in [9.17, 15) is 4.79 Å². The van der Waals surface area contributed by atoms with E-state index >= 15 is 0 Å². The van der Waals surface area contributed by atoms with Gasteiger partial charge in [0.2, 0.25) is 0 Å². The zero-order valence-electron chi connectivity index (χ0n) is 12.9. The Kier molecular flexibility index (Phi) is 4.62. The van der Waals surface area contributed by atoms with Gasteiger partial charge in [-0.3, -0.25) is 14.9 Å². The van der Waals surface area contributed by atoms with Crippen molar-refractivity contribution in [3.8, 4) is 11.4 Å². The van der Waals surface area contributed by atoms with Crippen LogP contribution in [0.2, 0.25) is 0 Å². The molecule has 0 aliphatic heterocycles. The number of benzene rings is 1. The lowest BCUT2D eigenvalue weighted by Gasteiger charge is -2.03. The van der Waals surface area contributed by atoms with Crippen molar-refractivity contribution < 1.29 is 4.74 Å². The van der Waals surface area contributed by atoms with Gasteiger partial charge in [-0.05, 0) is 44.5 Å². The molecule has 0 bridgehead atoms. The van der Waals surface area contributed by atoms with E-state index in [1.807, 2.05) is 38.1 Å². The second-order valence-electron chi connectivity index (χ2n) is 4.92. The quantitative estimate of drug-likeness (QED) is 0.860.